The van der Waals surface area contributed by atoms with Crippen LogP contribution in [0.5, 0.6) is 11.5 Å². The fourth-order valence-corrected chi connectivity index (χ4v) is 9.19. The molecule has 6 rings (SSSR count). The van der Waals surface area contributed by atoms with Crippen LogP contribution in [0.4, 0.5) is 8.78 Å². The fourth-order valence-electron chi connectivity index (χ4n) is 7.19. The smallest absolute Gasteiger partial charge is 0.246 e. The number of hydroxylamine groups is 1. The number of hydrogen-bond acceptors (Lipinski definition) is 7. The molecule has 0 unspecified atom stereocenters. The molecular formula is C38H43F2N5O5S. The normalized spacial score (nSPS) is 19.7. The minimum absolute atomic E-state index is 0.0214. The number of aromatic amines is 1. The molecule has 10 nitrogen and oxygen atoms in total. The fraction of sp³-hybridized carbons (Fsp3) is 0.395. The Morgan fingerprint density at radius 2 is 1.88 bits per heavy atom. The lowest BCUT2D eigenvalue weighted by Gasteiger charge is -2.31. The summed E-state index contributed by atoms with van der Waals surface area (Å²) < 4.78 is 66.2. The SMILES string of the molecule is C[C@@H](Cc1cccc([C@@]2(C)CCCC(C)(C)CS(=O)(=O)CCc3c(c(F)cc4[nH]ccc34)Oc3ccc(F)c(c3)-c3nc2nn3C)c1)C(=O)NO. The van der Waals surface area contributed by atoms with Gasteiger partial charge >= 0.3 is 0 Å². The number of halogens is 2. The average Bonchev–Trinajstić information content (AvgIpc) is 3.70. The molecule has 2 atom stereocenters. The van der Waals surface area contributed by atoms with Crippen molar-refractivity contribution in [2.24, 2.45) is 18.4 Å². The largest absolute Gasteiger partial charge is 0.454 e. The highest BCUT2D eigenvalue weighted by molar-refractivity contribution is 7.91. The second-order valence-corrected chi connectivity index (χ2v) is 16.9. The van der Waals surface area contributed by atoms with Crippen LogP contribution in [0.25, 0.3) is 22.3 Å². The Morgan fingerprint density at radius 1 is 1.10 bits per heavy atom. The van der Waals surface area contributed by atoms with Gasteiger partial charge in [-0.1, -0.05) is 51.5 Å². The molecule has 0 saturated carbocycles. The second kappa shape index (κ2) is 13.8. The van der Waals surface area contributed by atoms with Crippen molar-refractivity contribution in [3.05, 3.63) is 94.9 Å². The third-order valence-corrected chi connectivity index (χ3v) is 12.0. The summed E-state index contributed by atoms with van der Waals surface area (Å²) in [6, 6.07) is 14.9. The van der Waals surface area contributed by atoms with Crippen molar-refractivity contribution in [1.82, 2.24) is 25.2 Å². The number of aromatic nitrogens is 4. The number of fused-ring (bicyclic) bond motifs is 8. The van der Waals surface area contributed by atoms with Gasteiger partial charge in [0.15, 0.2) is 33.1 Å². The standard InChI is InChI=1S/C38H43F2N5O5S/c1-23(35(46)44-47)18-24-8-6-9-25(19-24)38(4)15-7-14-37(2,3)22-51(48,49)17-13-28-27-12-16-41-32(27)21-31(40)33(28)50-26-10-11-30(39)29(20-26)34-42-36(38)43-45(34)5/h6,8-12,16,19-21,23,41,47H,7,13-15,17-18,22H2,1-5H3,(H,44,46)/t23-,38+/m0/s1. The molecule has 51 heavy (non-hydrogen) atoms. The van der Waals surface area contributed by atoms with E-state index in [1.165, 1.54) is 28.9 Å². The molecule has 3 aromatic carbocycles. The first-order valence-electron chi connectivity index (χ1n) is 17.0. The van der Waals surface area contributed by atoms with Gasteiger partial charge in [0.1, 0.15) is 11.6 Å². The number of nitrogens with one attached hydrogen (secondary N) is 2. The third kappa shape index (κ3) is 7.55. The molecule has 0 spiro atoms. The van der Waals surface area contributed by atoms with Gasteiger partial charge < -0.3 is 9.72 Å². The van der Waals surface area contributed by atoms with Crippen molar-refractivity contribution < 1.29 is 31.9 Å². The predicted octanol–water partition coefficient (Wildman–Crippen LogP) is 7.19. The average molecular weight is 720 g/mol. The minimum atomic E-state index is -3.60. The first-order valence-corrected chi connectivity index (χ1v) is 18.8. The summed E-state index contributed by atoms with van der Waals surface area (Å²) in [5.41, 5.74) is 3.08. The van der Waals surface area contributed by atoms with Crippen molar-refractivity contribution >= 4 is 26.6 Å². The van der Waals surface area contributed by atoms with E-state index in [1.54, 1.807) is 31.7 Å². The number of ether oxygens (including phenoxy) is 1. The van der Waals surface area contributed by atoms with Gasteiger partial charge in [0, 0.05) is 41.7 Å². The van der Waals surface area contributed by atoms with E-state index in [-0.39, 0.29) is 40.8 Å². The number of carbonyl (C=O) groups is 1. The number of carbonyl (C=O) groups excluding carboxylic acids is 1. The van der Waals surface area contributed by atoms with Gasteiger partial charge in [-0.05, 0) is 73.4 Å². The summed E-state index contributed by atoms with van der Waals surface area (Å²) in [6.45, 7) is 7.59. The van der Waals surface area contributed by atoms with Crippen LogP contribution in [0.3, 0.4) is 0 Å². The summed E-state index contributed by atoms with van der Waals surface area (Å²) in [4.78, 5) is 20.0. The summed E-state index contributed by atoms with van der Waals surface area (Å²) in [7, 11) is -1.92. The summed E-state index contributed by atoms with van der Waals surface area (Å²) >= 11 is 0. The number of aryl methyl sites for hydroxylation is 2. The topological polar surface area (TPSA) is 139 Å². The monoisotopic (exact) mass is 719 g/mol. The number of sulfone groups is 1. The van der Waals surface area contributed by atoms with E-state index < -0.39 is 44.1 Å². The Labute approximate surface area is 296 Å². The number of benzene rings is 3. The van der Waals surface area contributed by atoms with Crippen LogP contribution >= 0.6 is 0 Å². The van der Waals surface area contributed by atoms with Crippen molar-refractivity contribution in [2.75, 3.05) is 11.5 Å². The first-order chi connectivity index (χ1) is 24.1. The molecule has 3 N–H and O–H groups in total. The van der Waals surface area contributed by atoms with Gasteiger partial charge in [-0.3, -0.25) is 10.0 Å². The molecule has 4 bridgehead atoms. The van der Waals surface area contributed by atoms with Crippen LogP contribution in [-0.2, 0) is 39.9 Å². The van der Waals surface area contributed by atoms with Crippen molar-refractivity contribution in [2.45, 2.75) is 65.2 Å². The number of hydrogen-bond donors (Lipinski definition) is 3. The van der Waals surface area contributed by atoms with Gasteiger partial charge in [0.05, 0.1) is 22.5 Å². The van der Waals surface area contributed by atoms with Crippen LogP contribution in [-0.4, -0.2) is 50.8 Å². The minimum Gasteiger partial charge on any atom is -0.454 e. The van der Waals surface area contributed by atoms with Gasteiger partial charge in [-0.25, -0.2) is 32.3 Å². The Bertz CT molecular complexity index is 2210. The van der Waals surface area contributed by atoms with E-state index in [4.69, 9.17) is 20.0 Å². The van der Waals surface area contributed by atoms with Crippen LogP contribution in [0.2, 0.25) is 0 Å². The Morgan fingerprint density at radius 3 is 2.65 bits per heavy atom. The van der Waals surface area contributed by atoms with Crippen molar-refractivity contribution in [3.8, 4) is 22.9 Å². The Hall–Kier alpha value is -4.62. The lowest BCUT2D eigenvalue weighted by Crippen LogP contribution is -2.29. The highest BCUT2D eigenvalue weighted by Crippen LogP contribution is 2.41. The Kier molecular flexibility index (Phi) is 9.81. The lowest BCUT2D eigenvalue weighted by atomic mass is 9.75. The van der Waals surface area contributed by atoms with E-state index in [0.29, 0.717) is 48.0 Å². The van der Waals surface area contributed by atoms with Gasteiger partial charge in [0.2, 0.25) is 5.91 Å². The zero-order chi connectivity index (χ0) is 36.7. The van der Waals surface area contributed by atoms with E-state index >= 15 is 8.78 Å². The third-order valence-electron chi connectivity index (χ3n) is 9.99. The van der Waals surface area contributed by atoms with Gasteiger partial charge in [-0.2, -0.15) is 5.10 Å². The van der Waals surface area contributed by atoms with E-state index in [0.717, 1.165) is 11.1 Å². The van der Waals surface area contributed by atoms with Crippen molar-refractivity contribution in [3.63, 3.8) is 0 Å². The zero-order valence-corrected chi connectivity index (χ0v) is 30.2. The summed E-state index contributed by atoms with van der Waals surface area (Å²) in [6.07, 6.45) is 3.79. The summed E-state index contributed by atoms with van der Waals surface area (Å²) in [5, 5.41) is 14.6. The maximum atomic E-state index is 15.7. The molecule has 0 fully saturated rings. The molecule has 1 aliphatic heterocycles. The van der Waals surface area contributed by atoms with Crippen LogP contribution < -0.4 is 10.2 Å². The predicted molar refractivity (Wildman–Crippen MR) is 190 cm³/mol. The molecule has 0 radical (unpaired) electrons. The van der Waals surface area contributed by atoms with Crippen LogP contribution in [0.1, 0.15) is 69.5 Å². The molecule has 1 amide bonds. The molecule has 0 aliphatic carbocycles. The van der Waals surface area contributed by atoms with Gasteiger partial charge in [0.25, 0.3) is 0 Å². The molecular weight excluding hydrogens is 677 g/mol. The van der Waals surface area contributed by atoms with Crippen LogP contribution in [0.15, 0.2) is 60.8 Å². The maximum absolute atomic E-state index is 15.7. The van der Waals surface area contributed by atoms with Crippen LogP contribution in [0, 0.1) is 23.0 Å². The number of nitrogens with zero attached hydrogens (tertiary/aromatic N) is 3. The molecule has 13 heteroatoms. The molecule has 5 aromatic rings. The number of rotatable bonds is 4. The maximum Gasteiger partial charge on any atom is 0.246 e. The molecule has 270 valence electrons. The second-order valence-electron chi connectivity index (χ2n) is 14.7. The first kappa shape index (κ1) is 36.2. The number of amides is 1. The molecule has 2 aromatic heterocycles. The lowest BCUT2D eigenvalue weighted by molar-refractivity contribution is -0.132. The molecule has 0 saturated heterocycles. The van der Waals surface area contributed by atoms with Crippen molar-refractivity contribution in [1.29, 1.82) is 0 Å². The number of H-pyrrole nitrogens is 1. The summed E-state index contributed by atoms with van der Waals surface area (Å²) in [5.74, 6) is -1.80. The quantitative estimate of drug-likeness (QED) is 0.132. The highest BCUT2D eigenvalue weighted by Gasteiger charge is 2.36. The van der Waals surface area contributed by atoms with E-state index in [1.807, 2.05) is 45.0 Å². The van der Waals surface area contributed by atoms with E-state index in [9.17, 15) is 13.2 Å². The highest BCUT2D eigenvalue weighted by atomic mass is 32.2. The molecule has 1 aliphatic rings. The zero-order valence-electron chi connectivity index (χ0n) is 29.4. The Balaban J connectivity index is 1.49. The van der Waals surface area contributed by atoms with Gasteiger partial charge in [-0.15, -0.1) is 0 Å². The van der Waals surface area contributed by atoms with E-state index in [2.05, 4.69) is 4.98 Å². The molecule has 3 heterocycles.